The van der Waals surface area contributed by atoms with Crippen LogP contribution in [0.5, 0.6) is 0 Å². The zero-order valence-corrected chi connectivity index (χ0v) is 15.1. The van der Waals surface area contributed by atoms with Gasteiger partial charge in [-0.3, -0.25) is 9.20 Å². The molecule has 0 bridgehead atoms. The summed E-state index contributed by atoms with van der Waals surface area (Å²) in [5.41, 5.74) is 2.29. The van der Waals surface area contributed by atoms with Crippen molar-refractivity contribution >= 4 is 23.2 Å². The van der Waals surface area contributed by atoms with Crippen LogP contribution in [0.15, 0.2) is 54.7 Å². The Labute approximate surface area is 157 Å². The SMILES string of the molecule is O=C(c1c(Cl)nc2ccccn12)N1CCC(OCc2ccccc2)CC1. The molecule has 134 valence electrons. The van der Waals surface area contributed by atoms with Crippen molar-refractivity contribution in [1.82, 2.24) is 14.3 Å². The van der Waals surface area contributed by atoms with Crippen LogP contribution < -0.4 is 0 Å². The number of hydrogen-bond acceptors (Lipinski definition) is 3. The lowest BCUT2D eigenvalue weighted by Crippen LogP contribution is -2.41. The van der Waals surface area contributed by atoms with Crippen molar-refractivity contribution in [2.75, 3.05) is 13.1 Å². The Morgan fingerprint density at radius 3 is 2.62 bits per heavy atom. The van der Waals surface area contributed by atoms with Gasteiger partial charge in [0.1, 0.15) is 5.65 Å². The van der Waals surface area contributed by atoms with Crippen LogP contribution in [-0.2, 0) is 11.3 Å². The van der Waals surface area contributed by atoms with Gasteiger partial charge in [-0.25, -0.2) is 4.98 Å². The van der Waals surface area contributed by atoms with E-state index >= 15 is 0 Å². The van der Waals surface area contributed by atoms with Crippen LogP contribution in [0.3, 0.4) is 0 Å². The lowest BCUT2D eigenvalue weighted by molar-refractivity contribution is -0.000525. The average molecular weight is 370 g/mol. The van der Waals surface area contributed by atoms with Gasteiger partial charge in [-0.15, -0.1) is 0 Å². The molecule has 0 atom stereocenters. The third-order valence-electron chi connectivity index (χ3n) is 4.75. The van der Waals surface area contributed by atoms with Crippen LogP contribution in [0.25, 0.3) is 5.65 Å². The molecular weight excluding hydrogens is 350 g/mol. The minimum absolute atomic E-state index is 0.0739. The topological polar surface area (TPSA) is 46.8 Å². The van der Waals surface area contributed by atoms with Crippen molar-refractivity contribution in [3.63, 3.8) is 0 Å². The van der Waals surface area contributed by atoms with Crippen molar-refractivity contribution in [1.29, 1.82) is 0 Å². The minimum Gasteiger partial charge on any atom is -0.373 e. The van der Waals surface area contributed by atoms with Gasteiger partial charge in [0.2, 0.25) is 0 Å². The third kappa shape index (κ3) is 3.45. The highest BCUT2D eigenvalue weighted by molar-refractivity contribution is 6.32. The summed E-state index contributed by atoms with van der Waals surface area (Å²) in [5.74, 6) is -0.0739. The quantitative estimate of drug-likeness (QED) is 0.702. The summed E-state index contributed by atoms with van der Waals surface area (Å²) >= 11 is 6.22. The van der Waals surface area contributed by atoms with Gasteiger partial charge < -0.3 is 9.64 Å². The molecule has 26 heavy (non-hydrogen) atoms. The maximum absolute atomic E-state index is 12.9. The highest BCUT2D eigenvalue weighted by Crippen LogP contribution is 2.22. The molecular formula is C20H20ClN3O2. The number of piperidine rings is 1. The predicted molar refractivity (Wildman–Crippen MR) is 100 cm³/mol. The molecule has 0 N–H and O–H groups in total. The van der Waals surface area contributed by atoms with E-state index in [4.69, 9.17) is 16.3 Å². The van der Waals surface area contributed by atoms with E-state index in [0.29, 0.717) is 31.0 Å². The number of nitrogens with zero attached hydrogens (tertiary/aromatic N) is 3. The largest absolute Gasteiger partial charge is 0.373 e. The summed E-state index contributed by atoms with van der Waals surface area (Å²) < 4.78 is 7.75. The van der Waals surface area contributed by atoms with Gasteiger partial charge >= 0.3 is 0 Å². The second-order valence-electron chi connectivity index (χ2n) is 6.47. The Balaban J connectivity index is 1.38. The first-order valence-electron chi connectivity index (χ1n) is 8.80. The molecule has 0 unspecified atom stereocenters. The minimum atomic E-state index is -0.0739. The smallest absolute Gasteiger partial charge is 0.274 e. The number of imidazole rings is 1. The number of rotatable bonds is 4. The summed E-state index contributed by atoms with van der Waals surface area (Å²) in [6.45, 7) is 1.93. The van der Waals surface area contributed by atoms with Crippen LogP contribution in [-0.4, -0.2) is 39.4 Å². The third-order valence-corrected chi connectivity index (χ3v) is 5.01. The number of likely N-dealkylation sites (tertiary alicyclic amines) is 1. The molecule has 3 heterocycles. The van der Waals surface area contributed by atoms with Gasteiger partial charge in [0.05, 0.1) is 12.7 Å². The van der Waals surface area contributed by atoms with Crippen molar-refractivity contribution in [3.05, 3.63) is 71.1 Å². The monoisotopic (exact) mass is 369 g/mol. The second-order valence-corrected chi connectivity index (χ2v) is 6.83. The Bertz CT molecular complexity index is 902. The number of carbonyl (C=O) groups excluding carboxylic acids is 1. The van der Waals surface area contributed by atoms with E-state index in [1.165, 1.54) is 5.56 Å². The number of hydrogen-bond donors (Lipinski definition) is 0. The van der Waals surface area contributed by atoms with Gasteiger partial charge in [-0.05, 0) is 30.5 Å². The van der Waals surface area contributed by atoms with E-state index in [1.807, 2.05) is 47.5 Å². The van der Waals surface area contributed by atoms with E-state index in [2.05, 4.69) is 17.1 Å². The molecule has 1 aromatic carbocycles. The van der Waals surface area contributed by atoms with E-state index in [-0.39, 0.29) is 17.2 Å². The van der Waals surface area contributed by atoms with Crippen molar-refractivity contribution < 1.29 is 9.53 Å². The van der Waals surface area contributed by atoms with E-state index in [9.17, 15) is 4.79 Å². The number of aromatic nitrogens is 2. The first-order valence-corrected chi connectivity index (χ1v) is 9.17. The highest BCUT2D eigenvalue weighted by atomic mass is 35.5. The molecule has 1 aliphatic heterocycles. The molecule has 6 heteroatoms. The maximum atomic E-state index is 12.9. The average Bonchev–Trinajstić information content (AvgIpc) is 3.03. The van der Waals surface area contributed by atoms with Gasteiger partial charge in [0.25, 0.3) is 5.91 Å². The zero-order chi connectivity index (χ0) is 17.9. The van der Waals surface area contributed by atoms with E-state index in [0.717, 1.165) is 12.8 Å². The van der Waals surface area contributed by atoms with Crippen molar-refractivity contribution in [3.8, 4) is 0 Å². The van der Waals surface area contributed by atoms with Crippen molar-refractivity contribution in [2.45, 2.75) is 25.6 Å². The molecule has 1 saturated heterocycles. The van der Waals surface area contributed by atoms with Crippen LogP contribution >= 0.6 is 11.6 Å². The molecule has 0 spiro atoms. The Morgan fingerprint density at radius 2 is 1.85 bits per heavy atom. The fraction of sp³-hybridized carbons (Fsp3) is 0.300. The summed E-state index contributed by atoms with van der Waals surface area (Å²) in [5, 5.41) is 0.253. The molecule has 0 saturated carbocycles. The Hall–Kier alpha value is -2.37. The second kappa shape index (κ2) is 7.48. The molecule has 1 amide bonds. The Kier molecular flexibility index (Phi) is 4.91. The number of amides is 1. The van der Waals surface area contributed by atoms with Gasteiger partial charge in [-0.2, -0.15) is 0 Å². The van der Waals surface area contributed by atoms with E-state index in [1.54, 1.807) is 4.40 Å². The predicted octanol–water partition coefficient (Wildman–Crippen LogP) is 3.81. The molecule has 5 nitrogen and oxygen atoms in total. The number of ether oxygens (including phenoxy) is 1. The van der Waals surface area contributed by atoms with Gasteiger partial charge in [0.15, 0.2) is 10.8 Å². The fourth-order valence-electron chi connectivity index (χ4n) is 3.32. The highest BCUT2D eigenvalue weighted by Gasteiger charge is 2.28. The molecule has 4 rings (SSSR count). The number of halogens is 1. The number of benzene rings is 1. The summed E-state index contributed by atoms with van der Waals surface area (Å²) in [6.07, 6.45) is 3.65. The van der Waals surface area contributed by atoms with Crippen LogP contribution in [0, 0.1) is 0 Å². The fourth-order valence-corrected chi connectivity index (χ4v) is 3.58. The zero-order valence-electron chi connectivity index (χ0n) is 14.3. The number of carbonyl (C=O) groups is 1. The van der Waals surface area contributed by atoms with Crippen molar-refractivity contribution in [2.24, 2.45) is 0 Å². The summed E-state index contributed by atoms with van der Waals surface area (Å²) in [4.78, 5) is 19.0. The molecule has 0 radical (unpaired) electrons. The first-order chi connectivity index (χ1) is 12.7. The Morgan fingerprint density at radius 1 is 1.12 bits per heavy atom. The van der Waals surface area contributed by atoms with Crippen LogP contribution in [0.2, 0.25) is 5.15 Å². The molecule has 1 fully saturated rings. The van der Waals surface area contributed by atoms with Crippen LogP contribution in [0.4, 0.5) is 0 Å². The number of pyridine rings is 1. The van der Waals surface area contributed by atoms with E-state index < -0.39 is 0 Å². The normalized spacial score (nSPS) is 15.5. The number of fused-ring (bicyclic) bond motifs is 1. The first kappa shape index (κ1) is 17.1. The molecule has 3 aromatic rings. The standard InChI is InChI=1S/C20H20ClN3O2/c21-19-18(24-11-5-4-8-17(24)22-19)20(25)23-12-9-16(10-13-23)26-14-15-6-2-1-3-7-15/h1-8,11,16H,9-10,12-14H2. The summed E-state index contributed by atoms with van der Waals surface area (Å²) in [6, 6.07) is 15.7. The molecule has 0 aliphatic carbocycles. The van der Waals surface area contributed by atoms with Gasteiger partial charge in [-0.1, -0.05) is 48.0 Å². The van der Waals surface area contributed by atoms with Gasteiger partial charge in [0, 0.05) is 19.3 Å². The lowest BCUT2D eigenvalue weighted by Gasteiger charge is -2.31. The van der Waals surface area contributed by atoms with Crippen LogP contribution in [0.1, 0.15) is 28.9 Å². The summed E-state index contributed by atoms with van der Waals surface area (Å²) in [7, 11) is 0. The molecule has 2 aromatic heterocycles. The molecule has 1 aliphatic rings. The lowest BCUT2D eigenvalue weighted by atomic mass is 10.1. The maximum Gasteiger partial charge on any atom is 0.274 e.